The Morgan fingerprint density at radius 1 is 1.06 bits per heavy atom. The van der Waals surface area contributed by atoms with E-state index in [-0.39, 0.29) is 31.5 Å². The number of carbonyl (C=O) groups is 2. The molecule has 1 N–H and O–H groups in total. The Hall–Kier alpha value is -2.66. The monoisotopic (exact) mass is 484 g/mol. The van der Waals surface area contributed by atoms with Crippen molar-refractivity contribution < 1.29 is 45.4 Å². The van der Waals surface area contributed by atoms with E-state index in [1.807, 2.05) is 5.32 Å². The summed E-state index contributed by atoms with van der Waals surface area (Å²) in [6.07, 6.45) is -10.7. The van der Waals surface area contributed by atoms with Gasteiger partial charge >= 0.3 is 24.4 Å². The first kappa shape index (κ1) is 26.6. The van der Waals surface area contributed by atoms with Gasteiger partial charge < -0.3 is 19.7 Å². The fourth-order valence-corrected chi connectivity index (χ4v) is 3.53. The highest BCUT2D eigenvalue weighted by atomic mass is 19.4. The molecule has 186 valence electrons. The van der Waals surface area contributed by atoms with Crippen molar-refractivity contribution >= 4 is 17.7 Å². The van der Waals surface area contributed by atoms with Crippen LogP contribution in [0.25, 0.3) is 0 Å². The highest BCUT2D eigenvalue weighted by Crippen LogP contribution is 2.39. The minimum absolute atomic E-state index is 0.0395. The Bertz CT molecular complexity index is 856. The SMILES string of the molecule is COC(=O)c1ccc(C(F)(F)F)c(N[C@@H](C2CCN(C(=O)OC(C)(C)C)CC2)C(F)(F)F)c1. The van der Waals surface area contributed by atoms with Crippen molar-refractivity contribution in [3.8, 4) is 0 Å². The van der Waals surface area contributed by atoms with Gasteiger partial charge in [-0.3, -0.25) is 0 Å². The van der Waals surface area contributed by atoms with Crippen molar-refractivity contribution in [3.05, 3.63) is 29.3 Å². The molecule has 12 heteroatoms. The molecule has 33 heavy (non-hydrogen) atoms. The third-order valence-corrected chi connectivity index (χ3v) is 5.07. The predicted octanol–water partition coefficient (Wildman–Crippen LogP) is 5.48. The molecule has 1 aliphatic heterocycles. The lowest BCUT2D eigenvalue weighted by molar-refractivity contribution is -0.157. The number of esters is 1. The van der Waals surface area contributed by atoms with Crippen LogP contribution in [0.4, 0.5) is 36.8 Å². The molecule has 0 spiro atoms. The van der Waals surface area contributed by atoms with Gasteiger partial charge in [0.25, 0.3) is 0 Å². The number of nitrogens with zero attached hydrogens (tertiary/aromatic N) is 1. The van der Waals surface area contributed by atoms with Crippen LogP contribution in [0.3, 0.4) is 0 Å². The van der Waals surface area contributed by atoms with Gasteiger partial charge in [-0.15, -0.1) is 0 Å². The van der Waals surface area contributed by atoms with E-state index in [9.17, 15) is 35.9 Å². The molecule has 0 aromatic heterocycles. The highest BCUT2D eigenvalue weighted by Gasteiger charge is 2.47. The number of nitrogens with one attached hydrogen (secondary N) is 1. The van der Waals surface area contributed by atoms with Crippen molar-refractivity contribution in [1.29, 1.82) is 0 Å². The van der Waals surface area contributed by atoms with Crippen molar-refractivity contribution in [2.75, 3.05) is 25.5 Å². The summed E-state index contributed by atoms with van der Waals surface area (Å²) in [6, 6.07) is -0.259. The summed E-state index contributed by atoms with van der Waals surface area (Å²) < 4.78 is 91.6. The van der Waals surface area contributed by atoms with Gasteiger partial charge in [0.2, 0.25) is 0 Å². The fraction of sp³-hybridized carbons (Fsp3) is 0.619. The molecule has 0 radical (unpaired) electrons. The topological polar surface area (TPSA) is 67.9 Å². The molecular weight excluding hydrogens is 458 g/mol. The van der Waals surface area contributed by atoms with Gasteiger partial charge in [-0.25, -0.2) is 9.59 Å². The minimum atomic E-state index is -4.95. The first-order valence-corrected chi connectivity index (χ1v) is 10.1. The van der Waals surface area contributed by atoms with E-state index in [4.69, 9.17) is 4.74 Å². The van der Waals surface area contributed by atoms with E-state index in [1.165, 1.54) is 4.90 Å². The normalized spacial score (nSPS) is 16.8. The molecule has 0 saturated carbocycles. The molecule has 0 aliphatic carbocycles. The second-order valence-electron chi connectivity index (χ2n) is 8.72. The van der Waals surface area contributed by atoms with Crippen molar-refractivity contribution in [2.24, 2.45) is 5.92 Å². The fourth-order valence-electron chi connectivity index (χ4n) is 3.53. The Labute approximate surface area is 187 Å². The Morgan fingerprint density at radius 3 is 2.09 bits per heavy atom. The zero-order valence-corrected chi connectivity index (χ0v) is 18.6. The number of rotatable bonds is 4. The van der Waals surface area contributed by atoms with Gasteiger partial charge in [0, 0.05) is 18.8 Å². The molecule has 0 unspecified atom stereocenters. The quantitative estimate of drug-likeness (QED) is 0.453. The maximum atomic E-state index is 13.9. The molecule has 1 aromatic rings. The van der Waals surface area contributed by atoms with Crippen LogP contribution in [0.5, 0.6) is 0 Å². The number of hydrogen-bond acceptors (Lipinski definition) is 5. The van der Waals surface area contributed by atoms with E-state index in [0.717, 1.165) is 13.2 Å². The number of anilines is 1. The molecule has 1 amide bonds. The van der Waals surface area contributed by atoms with E-state index >= 15 is 0 Å². The smallest absolute Gasteiger partial charge is 0.418 e. The average Bonchev–Trinajstić information content (AvgIpc) is 2.68. The average molecular weight is 484 g/mol. The van der Waals surface area contributed by atoms with Crippen molar-refractivity contribution in [1.82, 2.24) is 4.90 Å². The van der Waals surface area contributed by atoms with Crippen LogP contribution in [0, 0.1) is 5.92 Å². The lowest BCUT2D eigenvalue weighted by Gasteiger charge is -2.38. The van der Waals surface area contributed by atoms with Crippen molar-refractivity contribution in [2.45, 2.75) is 57.6 Å². The zero-order chi connectivity index (χ0) is 25.2. The molecule has 1 atom stereocenters. The standard InChI is InChI=1S/C21H26F6N2O4/c1-19(2,3)33-18(31)29-9-7-12(8-10-29)16(21(25,26)27)28-15-11-13(17(30)32-4)5-6-14(15)20(22,23)24/h5-6,11-12,16,28H,7-10H2,1-4H3/t16-/m0/s1. The van der Waals surface area contributed by atoms with E-state index in [0.29, 0.717) is 12.1 Å². The van der Waals surface area contributed by atoms with E-state index in [1.54, 1.807) is 20.8 Å². The summed E-state index contributed by atoms with van der Waals surface area (Å²) in [5, 5.41) is 1.98. The molecule has 1 aromatic carbocycles. The number of likely N-dealkylation sites (tertiary alicyclic amines) is 1. The highest BCUT2D eigenvalue weighted by molar-refractivity contribution is 5.90. The first-order chi connectivity index (χ1) is 15.0. The number of benzene rings is 1. The van der Waals surface area contributed by atoms with Gasteiger partial charge in [0.1, 0.15) is 11.6 Å². The van der Waals surface area contributed by atoms with Gasteiger partial charge in [-0.1, -0.05) is 0 Å². The second kappa shape index (κ2) is 9.68. The van der Waals surface area contributed by atoms with Gasteiger partial charge in [0.15, 0.2) is 0 Å². The van der Waals surface area contributed by atoms with Crippen LogP contribution in [0.2, 0.25) is 0 Å². The van der Waals surface area contributed by atoms with Crippen LogP contribution in [0.1, 0.15) is 49.5 Å². The lowest BCUT2D eigenvalue weighted by Crippen LogP contribution is -2.49. The number of methoxy groups -OCH3 is 1. The molecule has 0 bridgehead atoms. The molecule has 1 heterocycles. The number of amides is 1. The molecule has 1 aliphatic rings. The molecule has 6 nitrogen and oxygen atoms in total. The molecule has 1 fully saturated rings. The summed E-state index contributed by atoms with van der Waals surface area (Å²) in [7, 11) is 1.00. The number of ether oxygens (including phenoxy) is 2. The predicted molar refractivity (Wildman–Crippen MR) is 107 cm³/mol. The zero-order valence-electron chi connectivity index (χ0n) is 18.6. The number of piperidine rings is 1. The van der Waals surface area contributed by atoms with Gasteiger partial charge in [-0.05, 0) is 57.7 Å². The molecular formula is C21H26F6N2O4. The number of alkyl halides is 6. The van der Waals surface area contributed by atoms with Crippen LogP contribution >= 0.6 is 0 Å². The van der Waals surface area contributed by atoms with Crippen molar-refractivity contribution in [3.63, 3.8) is 0 Å². The van der Waals surface area contributed by atoms with Crippen LogP contribution in [0.15, 0.2) is 18.2 Å². The van der Waals surface area contributed by atoms with Crippen LogP contribution in [-0.4, -0.2) is 55.0 Å². The van der Waals surface area contributed by atoms with E-state index < -0.39 is 53.2 Å². The third kappa shape index (κ3) is 7.16. The van der Waals surface area contributed by atoms with Gasteiger partial charge in [-0.2, -0.15) is 26.3 Å². The lowest BCUT2D eigenvalue weighted by atomic mass is 9.88. The van der Waals surface area contributed by atoms with Gasteiger partial charge in [0.05, 0.1) is 18.2 Å². The summed E-state index contributed by atoms with van der Waals surface area (Å²) in [5.41, 5.74) is -3.31. The minimum Gasteiger partial charge on any atom is -0.465 e. The summed E-state index contributed by atoms with van der Waals surface area (Å²) in [4.78, 5) is 25.1. The Balaban J connectivity index is 2.28. The first-order valence-electron chi connectivity index (χ1n) is 10.1. The Kier molecular flexibility index (Phi) is 7.80. The Morgan fingerprint density at radius 2 is 1.64 bits per heavy atom. The summed E-state index contributed by atoms with van der Waals surface area (Å²) in [6.45, 7) is 4.89. The summed E-state index contributed by atoms with van der Waals surface area (Å²) >= 11 is 0. The third-order valence-electron chi connectivity index (χ3n) is 5.07. The largest absolute Gasteiger partial charge is 0.465 e. The second-order valence-corrected chi connectivity index (χ2v) is 8.72. The van der Waals surface area contributed by atoms with E-state index in [2.05, 4.69) is 4.74 Å². The molecule has 1 saturated heterocycles. The molecule has 2 rings (SSSR count). The van der Waals surface area contributed by atoms with Crippen LogP contribution < -0.4 is 5.32 Å². The maximum absolute atomic E-state index is 13.9. The number of hydrogen-bond donors (Lipinski definition) is 1. The number of carbonyl (C=O) groups excluding carboxylic acids is 2. The van der Waals surface area contributed by atoms with Crippen LogP contribution in [-0.2, 0) is 15.7 Å². The number of halogens is 6. The maximum Gasteiger partial charge on any atom is 0.418 e. The summed E-state index contributed by atoms with van der Waals surface area (Å²) in [5.74, 6) is -2.09.